The molecule has 1 amide bonds. The highest BCUT2D eigenvalue weighted by Crippen LogP contribution is 2.30. The van der Waals surface area contributed by atoms with E-state index in [2.05, 4.69) is 5.32 Å². The lowest BCUT2D eigenvalue weighted by Gasteiger charge is -2.13. The smallest absolute Gasteiger partial charge is 0.352 e. The molecule has 0 atom stereocenters. The number of hydrogen-bond acceptors (Lipinski definition) is 4. The maximum atomic E-state index is 13.1. The predicted molar refractivity (Wildman–Crippen MR) is 118 cm³/mol. The Balaban J connectivity index is 1.79. The molecule has 0 heterocycles. The number of halogens is 1. The molecule has 0 bridgehead atoms. The second-order valence-electron chi connectivity index (χ2n) is 6.74. The standard InChI is InChI=1S/C25H22FNO5/c1-2-31-23-15-18(10-13-22(23)32-16-17-8-11-20(26)12-9-17)14-21(25(29)30)27-24(28)19-6-4-3-5-7-19/h3-15H,2,16H2,1H3,(H,27,28)(H,29,30)/b21-14+. The van der Waals surface area contributed by atoms with Crippen molar-refractivity contribution in [2.75, 3.05) is 6.61 Å². The molecule has 2 N–H and O–H groups in total. The summed E-state index contributed by atoms with van der Waals surface area (Å²) < 4.78 is 24.5. The fraction of sp³-hybridized carbons (Fsp3) is 0.120. The molecule has 0 spiro atoms. The number of carbonyl (C=O) groups is 2. The van der Waals surface area contributed by atoms with Gasteiger partial charge in [0.2, 0.25) is 0 Å². The minimum atomic E-state index is -1.27. The zero-order valence-electron chi connectivity index (χ0n) is 17.4. The first-order chi connectivity index (χ1) is 15.5. The number of amides is 1. The average molecular weight is 435 g/mol. The number of carbonyl (C=O) groups excluding carboxylic acids is 1. The maximum Gasteiger partial charge on any atom is 0.352 e. The summed E-state index contributed by atoms with van der Waals surface area (Å²) in [6.07, 6.45) is 1.34. The molecule has 0 radical (unpaired) electrons. The molecule has 32 heavy (non-hydrogen) atoms. The normalized spacial score (nSPS) is 11.0. The van der Waals surface area contributed by atoms with E-state index >= 15 is 0 Å². The molecule has 7 heteroatoms. The molecular formula is C25H22FNO5. The first-order valence-electron chi connectivity index (χ1n) is 9.91. The van der Waals surface area contributed by atoms with E-state index in [1.54, 1.807) is 60.7 Å². The van der Waals surface area contributed by atoms with Crippen molar-refractivity contribution in [3.05, 3.63) is 101 Å². The van der Waals surface area contributed by atoms with E-state index in [4.69, 9.17) is 9.47 Å². The van der Waals surface area contributed by atoms with E-state index in [1.807, 2.05) is 6.92 Å². The van der Waals surface area contributed by atoms with Crippen LogP contribution in [0, 0.1) is 5.82 Å². The maximum absolute atomic E-state index is 13.1. The zero-order chi connectivity index (χ0) is 22.9. The van der Waals surface area contributed by atoms with Crippen molar-refractivity contribution in [3.63, 3.8) is 0 Å². The summed E-state index contributed by atoms with van der Waals surface area (Å²) in [5.41, 5.74) is 1.36. The second-order valence-corrected chi connectivity index (χ2v) is 6.74. The Labute approximate surface area is 184 Å². The summed E-state index contributed by atoms with van der Waals surface area (Å²) >= 11 is 0. The summed E-state index contributed by atoms with van der Waals surface area (Å²) in [4.78, 5) is 24.0. The van der Waals surface area contributed by atoms with Crippen LogP contribution < -0.4 is 14.8 Å². The summed E-state index contributed by atoms with van der Waals surface area (Å²) in [7, 11) is 0. The fourth-order valence-electron chi connectivity index (χ4n) is 2.85. The van der Waals surface area contributed by atoms with E-state index < -0.39 is 11.9 Å². The van der Waals surface area contributed by atoms with E-state index in [0.717, 1.165) is 5.56 Å². The Hall–Kier alpha value is -4.13. The van der Waals surface area contributed by atoms with Crippen LogP contribution in [0.5, 0.6) is 11.5 Å². The van der Waals surface area contributed by atoms with Gasteiger partial charge in [0.25, 0.3) is 5.91 Å². The molecule has 0 aliphatic rings. The zero-order valence-corrected chi connectivity index (χ0v) is 17.4. The summed E-state index contributed by atoms with van der Waals surface area (Å²) in [5.74, 6) is -1.25. The van der Waals surface area contributed by atoms with Crippen LogP contribution in [0.1, 0.15) is 28.4 Å². The monoisotopic (exact) mass is 435 g/mol. The molecule has 0 unspecified atom stereocenters. The van der Waals surface area contributed by atoms with Crippen LogP contribution in [0.3, 0.4) is 0 Å². The minimum Gasteiger partial charge on any atom is -0.490 e. The molecule has 0 aliphatic carbocycles. The molecule has 0 saturated heterocycles. The van der Waals surface area contributed by atoms with Crippen molar-refractivity contribution in [3.8, 4) is 11.5 Å². The number of hydrogen-bond donors (Lipinski definition) is 2. The van der Waals surface area contributed by atoms with Gasteiger partial charge in [0.1, 0.15) is 18.1 Å². The van der Waals surface area contributed by atoms with Crippen molar-refractivity contribution in [2.45, 2.75) is 13.5 Å². The largest absolute Gasteiger partial charge is 0.490 e. The van der Waals surface area contributed by atoms with Crippen LogP contribution in [0.4, 0.5) is 4.39 Å². The highest BCUT2D eigenvalue weighted by Gasteiger charge is 2.14. The summed E-state index contributed by atoms with van der Waals surface area (Å²) in [5, 5.41) is 11.9. The molecule has 3 aromatic rings. The topological polar surface area (TPSA) is 84.9 Å². The fourth-order valence-corrected chi connectivity index (χ4v) is 2.85. The third-order valence-electron chi connectivity index (χ3n) is 4.40. The lowest BCUT2D eigenvalue weighted by atomic mass is 10.1. The van der Waals surface area contributed by atoms with E-state index in [1.165, 1.54) is 18.2 Å². The van der Waals surface area contributed by atoms with Gasteiger partial charge < -0.3 is 19.9 Å². The third-order valence-corrected chi connectivity index (χ3v) is 4.40. The Bertz CT molecular complexity index is 1110. The van der Waals surface area contributed by atoms with Gasteiger partial charge in [0, 0.05) is 5.56 Å². The average Bonchev–Trinajstić information content (AvgIpc) is 2.80. The molecule has 3 rings (SSSR count). The Morgan fingerprint density at radius 1 is 0.969 bits per heavy atom. The van der Waals surface area contributed by atoms with Gasteiger partial charge >= 0.3 is 5.97 Å². The first kappa shape index (κ1) is 22.6. The number of aliphatic carboxylic acids is 1. The molecular weight excluding hydrogens is 413 g/mol. The number of carboxylic acids is 1. The van der Waals surface area contributed by atoms with Gasteiger partial charge in [-0.3, -0.25) is 4.79 Å². The molecule has 0 saturated carbocycles. The number of benzene rings is 3. The van der Waals surface area contributed by atoms with Crippen molar-refractivity contribution in [1.29, 1.82) is 0 Å². The number of ether oxygens (including phenoxy) is 2. The van der Waals surface area contributed by atoms with E-state index in [0.29, 0.717) is 29.2 Å². The van der Waals surface area contributed by atoms with Crippen LogP contribution in [-0.4, -0.2) is 23.6 Å². The lowest BCUT2D eigenvalue weighted by Crippen LogP contribution is -2.27. The van der Waals surface area contributed by atoms with Gasteiger partial charge in [-0.2, -0.15) is 0 Å². The molecule has 164 valence electrons. The van der Waals surface area contributed by atoms with Gasteiger partial charge in [-0.1, -0.05) is 36.4 Å². The molecule has 3 aromatic carbocycles. The van der Waals surface area contributed by atoms with Crippen molar-refractivity contribution in [1.82, 2.24) is 5.32 Å². The van der Waals surface area contributed by atoms with Crippen LogP contribution in [0.15, 0.2) is 78.5 Å². The van der Waals surface area contributed by atoms with Crippen molar-refractivity contribution in [2.24, 2.45) is 0 Å². The molecule has 0 aliphatic heterocycles. The minimum absolute atomic E-state index is 0.211. The van der Waals surface area contributed by atoms with Gasteiger partial charge in [-0.15, -0.1) is 0 Å². The highest BCUT2D eigenvalue weighted by molar-refractivity contribution is 6.02. The van der Waals surface area contributed by atoms with Gasteiger partial charge in [-0.05, 0) is 60.5 Å². The number of nitrogens with one attached hydrogen (secondary N) is 1. The Morgan fingerprint density at radius 2 is 1.69 bits per heavy atom. The quantitative estimate of drug-likeness (QED) is 0.478. The van der Waals surface area contributed by atoms with E-state index in [9.17, 15) is 19.1 Å². The number of carboxylic acid groups (broad SMARTS) is 1. The molecule has 0 aromatic heterocycles. The SMILES string of the molecule is CCOc1cc(/C=C(/NC(=O)c2ccccc2)C(=O)O)ccc1OCc1ccc(F)cc1. The van der Waals surface area contributed by atoms with Crippen LogP contribution in [0.25, 0.3) is 6.08 Å². The summed E-state index contributed by atoms with van der Waals surface area (Å²) in [6, 6.07) is 19.2. The van der Waals surface area contributed by atoms with Crippen LogP contribution in [-0.2, 0) is 11.4 Å². The summed E-state index contributed by atoms with van der Waals surface area (Å²) in [6.45, 7) is 2.40. The first-order valence-corrected chi connectivity index (χ1v) is 9.91. The third kappa shape index (κ3) is 6.18. The molecule has 6 nitrogen and oxygen atoms in total. The van der Waals surface area contributed by atoms with Gasteiger partial charge in [0.05, 0.1) is 6.61 Å². The Morgan fingerprint density at radius 3 is 2.34 bits per heavy atom. The van der Waals surface area contributed by atoms with Crippen molar-refractivity contribution >= 4 is 18.0 Å². The number of rotatable bonds is 9. The predicted octanol–water partition coefficient (Wildman–Crippen LogP) is 4.66. The Kier molecular flexibility index (Phi) is 7.59. The van der Waals surface area contributed by atoms with Crippen LogP contribution >= 0.6 is 0 Å². The van der Waals surface area contributed by atoms with Crippen molar-refractivity contribution < 1.29 is 28.6 Å². The van der Waals surface area contributed by atoms with Crippen LogP contribution in [0.2, 0.25) is 0 Å². The lowest BCUT2D eigenvalue weighted by molar-refractivity contribution is -0.132. The van der Waals surface area contributed by atoms with Gasteiger partial charge in [-0.25, -0.2) is 9.18 Å². The van der Waals surface area contributed by atoms with Gasteiger partial charge in [0.15, 0.2) is 11.5 Å². The highest BCUT2D eigenvalue weighted by atomic mass is 19.1. The van der Waals surface area contributed by atoms with E-state index in [-0.39, 0.29) is 18.1 Å². The second kappa shape index (κ2) is 10.8. The molecule has 0 fully saturated rings.